The van der Waals surface area contributed by atoms with Crippen molar-refractivity contribution in [2.75, 3.05) is 0 Å². The lowest BCUT2D eigenvalue weighted by Gasteiger charge is -2.39. The Morgan fingerprint density at radius 2 is 1.15 bits per heavy atom. The van der Waals surface area contributed by atoms with E-state index in [2.05, 4.69) is 196 Å². The number of hydrogen-bond donors (Lipinski definition) is 0. The summed E-state index contributed by atoms with van der Waals surface area (Å²) in [6.45, 7) is 10.2. The van der Waals surface area contributed by atoms with E-state index in [1.54, 1.807) is 0 Å². The van der Waals surface area contributed by atoms with Gasteiger partial charge in [0.05, 0.1) is 16.8 Å². The summed E-state index contributed by atoms with van der Waals surface area (Å²) in [6, 6.07) is 62.6. The molecule has 2 aliphatic rings. The van der Waals surface area contributed by atoms with Crippen LogP contribution in [0.25, 0.3) is 72.9 Å². The third-order valence-electron chi connectivity index (χ3n) is 12.9. The van der Waals surface area contributed by atoms with Gasteiger partial charge in [-0.3, -0.25) is 4.98 Å². The van der Waals surface area contributed by atoms with Crippen molar-refractivity contribution in [3.63, 3.8) is 0 Å². The first kappa shape index (κ1) is 39.6. The number of fused-ring (bicyclic) bond motifs is 9. The summed E-state index contributed by atoms with van der Waals surface area (Å²) in [5.41, 5.74) is 19.8. The van der Waals surface area contributed by atoms with Crippen LogP contribution in [0.4, 0.5) is 0 Å². The van der Waals surface area contributed by atoms with Crippen molar-refractivity contribution in [2.24, 2.45) is 0 Å². The summed E-state index contributed by atoms with van der Waals surface area (Å²) in [7, 11) is 0. The maximum Gasteiger partial charge on any atom is 0.160 e. The molecule has 0 fully saturated rings. The van der Waals surface area contributed by atoms with Crippen molar-refractivity contribution in [1.82, 2.24) is 15.0 Å². The quantitative estimate of drug-likeness (QED) is 0.143. The third-order valence-corrected chi connectivity index (χ3v) is 12.9. The molecular formula is C61H45N3O. The number of nitrogens with zero attached hydrogens (tertiary/aromatic N) is 3. The van der Waals surface area contributed by atoms with Crippen LogP contribution in [0.1, 0.15) is 46.0 Å². The molecule has 3 heterocycles. The molecule has 1 aliphatic heterocycles. The Hall–Kier alpha value is -8.21. The highest BCUT2D eigenvalue weighted by Gasteiger charge is 2.52. The molecule has 1 spiro atoms. The van der Waals surface area contributed by atoms with Crippen LogP contribution >= 0.6 is 0 Å². The Balaban J connectivity index is 1.18. The highest BCUT2D eigenvalue weighted by molar-refractivity contribution is 6.01. The molecule has 7 aromatic carbocycles. The van der Waals surface area contributed by atoms with Gasteiger partial charge in [0.15, 0.2) is 5.82 Å². The standard InChI is InChI=1S/C61H45N3O/c1-5-18-41(19-6-2)42-30-32-44(33-31-42)56-35-40(4)63-60(64-56)45-36-49(46-22-10-11-23-47(46)50-38-62-55(34-39(50)3)43-20-8-7-9-21-43)59-48-24-12-13-25-51(48)61(54(59)37-45)52-26-14-16-28-57(52)65-58-29-17-15-27-53(58)61/h5-38H,1H2,2-4H3/b19-6-,41-18+. The van der Waals surface area contributed by atoms with Gasteiger partial charge in [0.2, 0.25) is 0 Å². The number of benzene rings is 7. The van der Waals surface area contributed by atoms with Gasteiger partial charge in [0.1, 0.15) is 11.5 Å². The molecule has 4 heteroatoms. The lowest BCUT2D eigenvalue weighted by Crippen LogP contribution is -2.32. The first-order valence-corrected chi connectivity index (χ1v) is 22.2. The Labute approximate surface area is 380 Å². The van der Waals surface area contributed by atoms with Crippen LogP contribution in [0.3, 0.4) is 0 Å². The van der Waals surface area contributed by atoms with Gasteiger partial charge in [-0.15, -0.1) is 0 Å². The second kappa shape index (κ2) is 16.2. The summed E-state index contributed by atoms with van der Waals surface area (Å²) in [6.07, 6.45) is 10.0. The molecule has 310 valence electrons. The Morgan fingerprint density at radius 1 is 0.538 bits per heavy atom. The SMILES string of the molecule is C=C/C=C(\C=C/C)c1ccc(-c2cc(C)nc(-c3cc(-c4ccccc4-c4cnc(-c5ccccc5)cc4C)c4c(c3)C3(c5ccccc5Oc5ccccc53)c3ccccc3-4)n2)cc1. The minimum absolute atomic E-state index is 0.663. The Kier molecular flexibility index (Phi) is 9.85. The van der Waals surface area contributed by atoms with E-state index in [0.29, 0.717) is 5.82 Å². The molecule has 0 atom stereocenters. The van der Waals surface area contributed by atoms with E-state index in [-0.39, 0.29) is 0 Å². The average Bonchev–Trinajstić information content (AvgIpc) is 3.64. The highest BCUT2D eigenvalue weighted by Crippen LogP contribution is 2.64. The molecule has 4 nitrogen and oxygen atoms in total. The van der Waals surface area contributed by atoms with Crippen LogP contribution in [0, 0.1) is 13.8 Å². The summed E-state index contributed by atoms with van der Waals surface area (Å²) in [5.74, 6) is 2.36. The number of pyridine rings is 1. The van der Waals surface area contributed by atoms with E-state index in [1.165, 1.54) is 22.3 Å². The van der Waals surface area contributed by atoms with Crippen LogP contribution in [-0.2, 0) is 5.41 Å². The van der Waals surface area contributed by atoms with Gasteiger partial charge in [0, 0.05) is 45.3 Å². The van der Waals surface area contributed by atoms with Gasteiger partial charge in [0.25, 0.3) is 0 Å². The Morgan fingerprint density at radius 3 is 1.83 bits per heavy atom. The molecule has 0 N–H and O–H groups in total. The van der Waals surface area contributed by atoms with Gasteiger partial charge in [-0.2, -0.15) is 0 Å². The molecule has 0 radical (unpaired) electrons. The fourth-order valence-electron chi connectivity index (χ4n) is 10.1. The van der Waals surface area contributed by atoms with E-state index in [0.717, 1.165) is 95.4 Å². The number of aromatic nitrogens is 3. The molecule has 0 amide bonds. The lowest BCUT2D eigenvalue weighted by molar-refractivity contribution is 0.436. The number of allylic oxidation sites excluding steroid dienone is 5. The van der Waals surface area contributed by atoms with E-state index in [4.69, 9.17) is 19.7 Å². The molecular weight excluding hydrogens is 791 g/mol. The van der Waals surface area contributed by atoms with Gasteiger partial charge in [-0.25, -0.2) is 9.97 Å². The van der Waals surface area contributed by atoms with Gasteiger partial charge >= 0.3 is 0 Å². The molecule has 9 aromatic rings. The molecule has 0 saturated carbocycles. The smallest absolute Gasteiger partial charge is 0.160 e. The Bertz CT molecular complexity index is 3350. The van der Waals surface area contributed by atoms with E-state index >= 15 is 0 Å². The number of para-hydroxylation sites is 2. The first-order valence-electron chi connectivity index (χ1n) is 22.2. The summed E-state index contributed by atoms with van der Waals surface area (Å²) < 4.78 is 6.74. The van der Waals surface area contributed by atoms with E-state index in [9.17, 15) is 0 Å². The van der Waals surface area contributed by atoms with E-state index in [1.807, 2.05) is 37.4 Å². The van der Waals surface area contributed by atoms with Crippen molar-refractivity contribution in [3.8, 4) is 78.8 Å². The molecule has 1 aliphatic carbocycles. The van der Waals surface area contributed by atoms with Crippen LogP contribution < -0.4 is 4.74 Å². The normalized spacial score (nSPS) is 13.2. The highest BCUT2D eigenvalue weighted by atomic mass is 16.5. The summed E-state index contributed by atoms with van der Waals surface area (Å²) in [4.78, 5) is 15.7. The third kappa shape index (κ3) is 6.57. The minimum atomic E-state index is -0.696. The summed E-state index contributed by atoms with van der Waals surface area (Å²) >= 11 is 0. The van der Waals surface area contributed by atoms with Crippen molar-refractivity contribution in [1.29, 1.82) is 0 Å². The number of rotatable bonds is 8. The second-order valence-corrected chi connectivity index (χ2v) is 16.8. The number of aryl methyl sites for hydroxylation is 2. The van der Waals surface area contributed by atoms with Crippen molar-refractivity contribution in [3.05, 3.63) is 252 Å². The molecule has 11 rings (SSSR count). The zero-order chi connectivity index (χ0) is 44.1. The van der Waals surface area contributed by atoms with Gasteiger partial charge in [-0.05, 0) is 113 Å². The predicted octanol–water partition coefficient (Wildman–Crippen LogP) is 15.4. The molecule has 0 saturated heterocycles. The van der Waals surface area contributed by atoms with Crippen molar-refractivity contribution < 1.29 is 4.74 Å². The fraction of sp³-hybridized carbons (Fsp3) is 0.0656. The maximum atomic E-state index is 6.74. The molecule has 65 heavy (non-hydrogen) atoms. The van der Waals surface area contributed by atoms with Crippen LogP contribution in [0.2, 0.25) is 0 Å². The number of ether oxygens (including phenoxy) is 1. The lowest BCUT2D eigenvalue weighted by atomic mass is 9.65. The second-order valence-electron chi connectivity index (χ2n) is 16.8. The summed E-state index contributed by atoms with van der Waals surface area (Å²) in [5, 5.41) is 0. The fourth-order valence-corrected chi connectivity index (χ4v) is 10.1. The van der Waals surface area contributed by atoms with Gasteiger partial charge < -0.3 is 4.74 Å². The van der Waals surface area contributed by atoms with Crippen LogP contribution in [-0.4, -0.2) is 15.0 Å². The van der Waals surface area contributed by atoms with Gasteiger partial charge in [-0.1, -0.05) is 170 Å². The zero-order valence-electron chi connectivity index (χ0n) is 36.6. The van der Waals surface area contributed by atoms with Crippen LogP contribution in [0.5, 0.6) is 11.5 Å². The monoisotopic (exact) mass is 835 g/mol. The average molecular weight is 836 g/mol. The van der Waals surface area contributed by atoms with Crippen molar-refractivity contribution in [2.45, 2.75) is 26.2 Å². The predicted molar refractivity (Wildman–Crippen MR) is 267 cm³/mol. The largest absolute Gasteiger partial charge is 0.457 e. The minimum Gasteiger partial charge on any atom is -0.457 e. The zero-order valence-corrected chi connectivity index (χ0v) is 36.6. The first-order chi connectivity index (χ1) is 32.0. The van der Waals surface area contributed by atoms with E-state index < -0.39 is 5.41 Å². The maximum absolute atomic E-state index is 6.74. The molecule has 0 unspecified atom stereocenters. The topological polar surface area (TPSA) is 47.9 Å². The van der Waals surface area contributed by atoms with Crippen LogP contribution in [0.15, 0.2) is 213 Å². The van der Waals surface area contributed by atoms with Crippen molar-refractivity contribution >= 4 is 5.57 Å². The molecule has 2 aromatic heterocycles. The number of hydrogen-bond acceptors (Lipinski definition) is 4. The molecule has 0 bridgehead atoms.